The zero-order chi connectivity index (χ0) is 6.69. The molecule has 0 aromatic heterocycles. The zero-order valence-corrected chi connectivity index (χ0v) is 5.23. The summed E-state index contributed by atoms with van der Waals surface area (Å²) in [7, 11) is 0. The van der Waals surface area contributed by atoms with Crippen LogP contribution in [0.15, 0.2) is 0 Å². The van der Waals surface area contributed by atoms with Crippen LogP contribution in [-0.2, 0) is 0 Å². The lowest BCUT2D eigenvalue weighted by Crippen LogP contribution is -2.35. The smallest absolute Gasteiger partial charge is 0.191 e. The lowest BCUT2D eigenvalue weighted by Gasteiger charge is -2.07. The van der Waals surface area contributed by atoms with Crippen LogP contribution < -0.4 is 0 Å². The molecule has 0 aromatic carbocycles. The number of hydrogen-bond donors (Lipinski definition) is 1. The highest BCUT2D eigenvalue weighted by molar-refractivity contribution is 6.31. The Bertz CT molecular complexity index is 151. The molecule has 1 aliphatic heterocycles. The second-order valence-corrected chi connectivity index (χ2v) is 2.17. The van der Waals surface area contributed by atoms with Crippen molar-refractivity contribution >= 4 is 11.9 Å². The van der Waals surface area contributed by atoms with Crippen molar-refractivity contribution in [2.75, 3.05) is 19.8 Å². The molecule has 1 heterocycles. The first-order chi connectivity index (χ1) is 4.33. The first-order valence-corrected chi connectivity index (χ1v) is 3.05. The largest absolute Gasteiger partial charge is 0.294 e. The molecule has 0 atom stereocenters. The van der Waals surface area contributed by atoms with Gasteiger partial charge in [0.1, 0.15) is 6.54 Å². The Labute approximate surface area is 53.5 Å². The third kappa shape index (κ3) is 1.59. The van der Waals surface area contributed by atoms with Gasteiger partial charge in [0.25, 0.3) is 0 Å². The molecule has 0 aromatic rings. The first-order valence-electron chi connectivity index (χ1n) is 3.05. The molecular weight excluding hydrogens is 119 g/mol. The molecule has 1 aliphatic rings. The van der Waals surface area contributed by atoms with Crippen molar-refractivity contribution in [3.05, 3.63) is 0 Å². The molecule has 0 saturated carbocycles. The van der Waals surface area contributed by atoms with Gasteiger partial charge >= 0.3 is 0 Å². The minimum atomic E-state index is -0.252. The Hall–Kier alpha value is -0.730. The molecule has 9 heavy (non-hydrogen) atoms. The van der Waals surface area contributed by atoms with E-state index < -0.39 is 0 Å². The maximum Gasteiger partial charge on any atom is 0.191 e. The molecule has 0 amide bonds. The molecule has 0 spiro atoms. The minimum Gasteiger partial charge on any atom is -0.294 e. The van der Waals surface area contributed by atoms with E-state index in [2.05, 4.69) is 0 Å². The van der Waals surface area contributed by atoms with E-state index in [-0.39, 0.29) is 6.67 Å². The fourth-order valence-electron chi connectivity index (χ4n) is 0.820. The van der Waals surface area contributed by atoms with Gasteiger partial charge in [-0.3, -0.25) is 9.80 Å². The van der Waals surface area contributed by atoms with Crippen LogP contribution in [0, 0.1) is 5.41 Å². The van der Waals surface area contributed by atoms with Crippen LogP contribution in [-0.4, -0.2) is 36.3 Å². The van der Waals surface area contributed by atoms with Gasteiger partial charge < -0.3 is 0 Å². The summed E-state index contributed by atoms with van der Waals surface area (Å²) in [5.74, 6) is 0. The van der Waals surface area contributed by atoms with E-state index in [1.165, 1.54) is 0 Å². The summed E-state index contributed by atoms with van der Waals surface area (Å²) in [5.41, 5.74) is 0.647. The quantitative estimate of drug-likeness (QED) is 0.536. The summed E-state index contributed by atoms with van der Waals surface area (Å²) in [6.45, 7) is 1.22. The zero-order valence-electron chi connectivity index (χ0n) is 5.23. The van der Waals surface area contributed by atoms with E-state index in [4.69, 9.17) is 5.41 Å². The van der Waals surface area contributed by atoms with Crippen LogP contribution >= 0.6 is 0 Å². The molecule has 0 unspecified atom stereocenters. The Morgan fingerprint density at radius 3 is 2.89 bits per heavy atom. The highest BCUT2D eigenvalue weighted by atomic mass is 19.1. The third-order valence-electron chi connectivity index (χ3n) is 1.29. The van der Waals surface area contributed by atoms with E-state index in [9.17, 15) is 4.39 Å². The standard InChI is InChI=1S/C6H10FN2/c7-2-1-3-9-4-6(8)5-9/h4,8H,1-3,5H2/q+1. The fourth-order valence-corrected chi connectivity index (χ4v) is 0.820. The third-order valence-corrected chi connectivity index (χ3v) is 1.29. The Morgan fingerprint density at radius 1 is 1.78 bits per heavy atom. The van der Waals surface area contributed by atoms with E-state index in [0.29, 0.717) is 18.7 Å². The van der Waals surface area contributed by atoms with Crippen molar-refractivity contribution in [2.24, 2.45) is 0 Å². The maximum atomic E-state index is 11.5. The number of nitrogens with zero attached hydrogens (tertiary/aromatic N) is 1. The molecule has 0 aliphatic carbocycles. The normalized spacial score (nSPS) is 17.0. The average Bonchev–Trinajstić information content (AvgIpc) is 1.78. The predicted octanol–water partition coefficient (Wildman–Crippen LogP) is 0.463. The summed E-state index contributed by atoms with van der Waals surface area (Å²) in [4.78, 5) is 0. The van der Waals surface area contributed by atoms with Gasteiger partial charge in [0.15, 0.2) is 18.5 Å². The Kier molecular flexibility index (Phi) is 1.92. The highest BCUT2D eigenvalue weighted by Gasteiger charge is 2.18. The number of rotatable bonds is 3. The number of hydrogen-bond acceptors (Lipinski definition) is 1. The number of alkyl halides is 1. The van der Waals surface area contributed by atoms with Crippen molar-refractivity contribution < 1.29 is 8.97 Å². The number of halogens is 1. The Morgan fingerprint density at radius 2 is 2.44 bits per heavy atom. The van der Waals surface area contributed by atoms with Gasteiger partial charge in [-0.25, -0.2) is 4.58 Å². The molecule has 0 radical (unpaired) electrons. The van der Waals surface area contributed by atoms with E-state index >= 15 is 0 Å². The van der Waals surface area contributed by atoms with Gasteiger partial charge in [-0.05, 0) is 0 Å². The molecule has 2 nitrogen and oxygen atoms in total. The second-order valence-electron chi connectivity index (χ2n) is 2.17. The van der Waals surface area contributed by atoms with E-state index in [1.54, 1.807) is 6.21 Å². The van der Waals surface area contributed by atoms with Crippen molar-refractivity contribution in [3.63, 3.8) is 0 Å². The summed E-state index contributed by atoms with van der Waals surface area (Å²) in [6.07, 6.45) is 2.33. The summed E-state index contributed by atoms with van der Waals surface area (Å²) < 4.78 is 13.5. The summed E-state index contributed by atoms with van der Waals surface area (Å²) >= 11 is 0. The van der Waals surface area contributed by atoms with Crippen LogP contribution in [0.5, 0.6) is 0 Å². The van der Waals surface area contributed by atoms with Gasteiger partial charge in [0, 0.05) is 6.42 Å². The topological polar surface area (TPSA) is 26.9 Å². The molecule has 0 bridgehead atoms. The molecule has 0 fully saturated rings. The molecule has 1 N–H and O–H groups in total. The molecule has 3 heteroatoms. The van der Waals surface area contributed by atoms with Gasteiger partial charge in [0.05, 0.1) is 6.67 Å². The van der Waals surface area contributed by atoms with E-state index in [1.807, 2.05) is 4.58 Å². The van der Waals surface area contributed by atoms with E-state index in [0.717, 1.165) is 6.54 Å². The van der Waals surface area contributed by atoms with Gasteiger partial charge in [-0.1, -0.05) is 0 Å². The first kappa shape index (κ1) is 6.39. The van der Waals surface area contributed by atoms with Crippen LogP contribution in [0.4, 0.5) is 4.39 Å². The van der Waals surface area contributed by atoms with Crippen molar-refractivity contribution in [2.45, 2.75) is 6.42 Å². The summed E-state index contributed by atoms with van der Waals surface area (Å²) in [5, 5.41) is 7.00. The average molecular weight is 129 g/mol. The maximum absolute atomic E-state index is 11.5. The molecular formula is C6H10FN2+. The highest BCUT2D eigenvalue weighted by Crippen LogP contribution is 1.90. The predicted molar refractivity (Wildman–Crippen MR) is 34.4 cm³/mol. The Balaban J connectivity index is 2.16. The fraction of sp³-hybridized carbons (Fsp3) is 0.667. The van der Waals surface area contributed by atoms with Gasteiger partial charge in [0.2, 0.25) is 0 Å². The molecule has 50 valence electrons. The molecule has 1 rings (SSSR count). The van der Waals surface area contributed by atoms with Crippen LogP contribution in [0.2, 0.25) is 0 Å². The lowest BCUT2D eigenvalue weighted by molar-refractivity contribution is -0.519. The van der Waals surface area contributed by atoms with Crippen molar-refractivity contribution in [1.29, 1.82) is 5.41 Å². The van der Waals surface area contributed by atoms with Gasteiger partial charge in [-0.15, -0.1) is 0 Å². The lowest BCUT2D eigenvalue weighted by atomic mass is 10.2. The summed E-state index contributed by atoms with van der Waals surface area (Å²) in [6, 6.07) is 0. The van der Waals surface area contributed by atoms with Crippen LogP contribution in [0.3, 0.4) is 0 Å². The minimum absolute atomic E-state index is 0.252. The molecule has 0 saturated heterocycles. The van der Waals surface area contributed by atoms with Crippen LogP contribution in [0.1, 0.15) is 6.42 Å². The second kappa shape index (κ2) is 2.71. The van der Waals surface area contributed by atoms with Crippen molar-refractivity contribution in [3.8, 4) is 0 Å². The monoisotopic (exact) mass is 129 g/mol. The number of nitrogens with one attached hydrogen (secondary N) is 1. The van der Waals surface area contributed by atoms with Gasteiger partial charge in [-0.2, -0.15) is 0 Å². The van der Waals surface area contributed by atoms with Crippen LogP contribution in [0.25, 0.3) is 0 Å². The SMILES string of the molecule is N=C1C=[N+](CCCF)C1. The van der Waals surface area contributed by atoms with Crippen molar-refractivity contribution in [1.82, 2.24) is 0 Å².